The van der Waals surface area contributed by atoms with E-state index < -0.39 is 0 Å². The number of aryl methyl sites for hydroxylation is 1. The van der Waals surface area contributed by atoms with E-state index in [0.717, 1.165) is 15.8 Å². The summed E-state index contributed by atoms with van der Waals surface area (Å²) in [6.45, 7) is 6.56. The van der Waals surface area contributed by atoms with Gasteiger partial charge in [-0.1, -0.05) is 76.0 Å². The molecule has 0 fully saturated rings. The van der Waals surface area contributed by atoms with Gasteiger partial charge in [-0.3, -0.25) is 0 Å². The zero-order valence-corrected chi connectivity index (χ0v) is 16.0. The minimum Gasteiger partial charge on any atom is -0.496 e. The van der Waals surface area contributed by atoms with Crippen molar-refractivity contribution in [1.29, 1.82) is 0 Å². The Bertz CT molecular complexity index is 621. The van der Waals surface area contributed by atoms with E-state index in [4.69, 9.17) is 4.74 Å². The van der Waals surface area contributed by atoms with E-state index in [1.165, 1.54) is 11.1 Å². The molecule has 0 bridgehead atoms. The van der Waals surface area contributed by atoms with E-state index in [9.17, 15) is 0 Å². The first-order chi connectivity index (χ1) is 9.87. The van der Waals surface area contributed by atoms with Crippen molar-refractivity contribution in [1.82, 2.24) is 0 Å². The van der Waals surface area contributed by atoms with Crippen LogP contribution in [0.2, 0.25) is 0 Å². The highest BCUT2D eigenvalue weighted by atomic mass is 79.9. The lowest BCUT2D eigenvalue weighted by Gasteiger charge is -2.32. The molecule has 0 spiro atoms. The zero-order valence-electron chi connectivity index (χ0n) is 12.8. The Morgan fingerprint density at radius 2 is 1.71 bits per heavy atom. The maximum atomic E-state index is 5.58. The smallest absolute Gasteiger partial charge is 0.123 e. The average molecular weight is 412 g/mol. The predicted molar refractivity (Wildman–Crippen MR) is 96.6 cm³/mol. The first-order valence-electron chi connectivity index (χ1n) is 6.91. The number of ether oxygens (including phenoxy) is 1. The lowest BCUT2D eigenvalue weighted by molar-refractivity contribution is 0.401. The van der Waals surface area contributed by atoms with E-state index >= 15 is 0 Å². The minimum absolute atomic E-state index is 0.0523. The van der Waals surface area contributed by atoms with Gasteiger partial charge in [0, 0.05) is 15.5 Å². The first-order valence-corrected chi connectivity index (χ1v) is 8.62. The summed E-state index contributed by atoms with van der Waals surface area (Å²) in [6, 6.07) is 14.8. The van der Waals surface area contributed by atoms with E-state index in [1.807, 2.05) is 6.07 Å². The van der Waals surface area contributed by atoms with E-state index in [-0.39, 0.29) is 10.2 Å². The second kappa shape index (κ2) is 6.53. The molecule has 1 nitrogen and oxygen atoms in total. The number of hydrogen-bond donors (Lipinski definition) is 0. The van der Waals surface area contributed by atoms with Gasteiger partial charge in [0.1, 0.15) is 5.75 Å². The van der Waals surface area contributed by atoms with Gasteiger partial charge in [-0.25, -0.2) is 0 Å². The van der Waals surface area contributed by atoms with Crippen molar-refractivity contribution >= 4 is 31.9 Å². The molecule has 0 amide bonds. The molecule has 21 heavy (non-hydrogen) atoms. The third kappa shape index (κ3) is 3.35. The molecule has 2 rings (SSSR count). The molecule has 2 aromatic carbocycles. The molecule has 0 aliphatic rings. The fourth-order valence-corrected chi connectivity index (χ4v) is 3.43. The molecular weight excluding hydrogens is 392 g/mol. The highest BCUT2D eigenvalue weighted by Gasteiger charge is 2.32. The van der Waals surface area contributed by atoms with Gasteiger partial charge < -0.3 is 4.74 Å². The summed E-state index contributed by atoms with van der Waals surface area (Å²) in [6.07, 6.45) is 0. The van der Waals surface area contributed by atoms with Gasteiger partial charge in [0.05, 0.1) is 11.9 Å². The van der Waals surface area contributed by atoms with Gasteiger partial charge in [-0.05, 0) is 30.2 Å². The first kappa shape index (κ1) is 16.6. The van der Waals surface area contributed by atoms with Crippen LogP contribution in [0.4, 0.5) is 0 Å². The minimum atomic E-state index is -0.0523. The third-order valence-corrected chi connectivity index (χ3v) is 6.43. The highest BCUT2D eigenvalue weighted by Crippen LogP contribution is 2.47. The van der Waals surface area contributed by atoms with Crippen LogP contribution in [0.15, 0.2) is 46.9 Å². The van der Waals surface area contributed by atoms with Crippen molar-refractivity contribution in [2.45, 2.75) is 31.0 Å². The zero-order chi connectivity index (χ0) is 15.6. The Hall–Kier alpha value is -0.800. The maximum Gasteiger partial charge on any atom is 0.123 e. The summed E-state index contributed by atoms with van der Waals surface area (Å²) >= 11 is 7.52. The van der Waals surface area contributed by atoms with Crippen molar-refractivity contribution in [3.05, 3.63) is 63.6 Å². The summed E-state index contributed by atoms with van der Waals surface area (Å²) in [5, 5.41) is 0. The second-order valence-electron chi connectivity index (χ2n) is 5.79. The van der Waals surface area contributed by atoms with Gasteiger partial charge in [0.2, 0.25) is 0 Å². The number of alkyl halides is 1. The van der Waals surface area contributed by atoms with Crippen molar-refractivity contribution in [2.24, 2.45) is 0 Å². The molecule has 1 atom stereocenters. The van der Waals surface area contributed by atoms with Crippen LogP contribution in [-0.4, -0.2) is 7.11 Å². The quantitative estimate of drug-likeness (QED) is 0.545. The Morgan fingerprint density at radius 1 is 1.10 bits per heavy atom. The molecular formula is C18H20Br2O. The molecule has 0 aliphatic carbocycles. The molecule has 1 unspecified atom stereocenters. The van der Waals surface area contributed by atoms with E-state index in [2.05, 4.69) is 89.0 Å². The number of methoxy groups -OCH3 is 1. The summed E-state index contributed by atoms with van der Waals surface area (Å²) < 4.78 is 6.69. The summed E-state index contributed by atoms with van der Waals surface area (Å²) in [4.78, 5) is 0.152. The molecule has 0 aromatic heterocycles. The Kier molecular flexibility index (Phi) is 5.15. The number of benzene rings is 2. The van der Waals surface area contributed by atoms with Crippen LogP contribution >= 0.6 is 31.9 Å². The van der Waals surface area contributed by atoms with Gasteiger partial charge >= 0.3 is 0 Å². The van der Waals surface area contributed by atoms with Crippen molar-refractivity contribution < 1.29 is 4.74 Å². The van der Waals surface area contributed by atoms with E-state index in [1.54, 1.807) is 7.11 Å². The van der Waals surface area contributed by atoms with Crippen LogP contribution in [0.5, 0.6) is 5.75 Å². The number of hydrogen-bond acceptors (Lipinski definition) is 1. The van der Waals surface area contributed by atoms with Crippen LogP contribution in [0.3, 0.4) is 0 Å². The van der Waals surface area contributed by atoms with E-state index in [0.29, 0.717) is 0 Å². The van der Waals surface area contributed by atoms with Gasteiger partial charge in [-0.15, -0.1) is 0 Å². The van der Waals surface area contributed by atoms with Gasteiger partial charge in [0.25, 0.3) is 0 Å². The fraction of sp³-hybridized carbons (Fsp3) is 0.333. The SMILES string of the molecule is COc1cc(C)c(Br)cc1C(Br)C(C)(C)c1ccccc1. The molecule has 112 valence electrons. The van der Waals surface area contributed by atoms with Crippen LogP contribution in [0.1, 0.15) is 35.4 Å². The Balaban J connectivity index is 2.49. The summed E-state index contributed by atoms with van der Waals surface area (Å²) in [7, 11) is 1.72. The Labute approximate surface area is 144 Å². The monoisotopic (exact) mass is 410 g/mol. The second-order valence-corrected chi connectivity index (χ2v) is 7.56. The van der Waals surface area contributed by atoms with Crippen molar-refractivity contribution in [2.75, 3.05) is 7.11 Å². The van der Waals surface area contributed by atoms with Crippen molar-refractivity contribution in [3.63, 3.8) is 0 Å². The largest absolute Gasteiger partial charge is 0.496 e. The topological polar surface area (TPSA) is 9.23 Å². The van der Waals surface area contributed by atoms with Crippen LogP contribution in [-0.2, 0) is 5.41 Å². The lowest BCUT2D eigenvalue weighted by atomic mass is 9.79. The highest BCUT2D eigenvalue weighted by molar-refractivity contribution is 9.10. The molecule has 0 heterocycles. The van der Waals surface area contributed by atoms with Crippen molar-refractivity contribution in [3.8, 4) is 5.75 Å². The molecule has 3 heteroatoms. The molecule has 0 aliphatic heterocycles. The van der Waals surface area contributed by atoms with Crippen LogP contribution in [0.25, 0.3) is 0 Å². The summed E-state index contributed by atoms with van der Waals surface area (Å²) in [5.41, 5.74) is 3.57. The lowest BCUT2D eigenvalue weighted by Crippen LogP contribution is -2.23. The predicted octanol–water partition coefficient (Wildman–Crippen LogP) is 6.18. The molecule has 0 saturated heterocycles. The van der Waals surface area contributed by atoms with Crippen LogP contribution in [0, 0.1) is 6.92 Å². The van der Waals surface area contributed by atoms with Crippen LogP contribution < -0.4 is 4.74 Å². The molecule has 0 saturated carbocycles. The fourth-order valence-electron chi connectivity index (χ4n) is 2.45. The standard InChI is InChI=1S/C18H20Br2O/c1-12-10-16(21-4)14(11-15(12)19)17(20)18(2,3)13-8-6-5-7-9-13/h5-11,17H,1-4H3. The number of halogens is 2. The van der Waals surface area contributed by atoms with Gasteiger partial charge in [-0.2, -0.15) is 0 Å². The molecule has 0 radical (unpaired) electrons. The molecule has 0 N–H and O–H groups in total. The maximum absolute atomic E-state index is 5.58. The molecule has 2 aromatic rings. The number of rotatable bonds is 4. The Morgan fingerprint density at radius 3 is 2.29 bits per heavy atom. The normalized spacial score (nSPS) is 13.0. The summed E-state index contributed by atoms with van der Waals surface area (Å²) in [5.74, 6) is 0.918. The van der Waals surface area contributed by atoms with Gasteiger partial charge in [0.15, 0.2) is 0 Å². The third-order valence-electron chi connectivity index (χ3n) is 3.94. The average Bonchev–Trinajstić information content (AvgIpc) is 2.49.